The highest BCUT2D eigenvalue weighted by molar-refractivity contribution is 7.09. The van der Waals surface area contributed by atoms with Gasteiger partial charge in [0.1, 0.15) is 0 Å². The molecule has 2 atom stereocenters. The summed E-state index contributed by atoms with van der Waals surface area (Å²) in [5, 5.41) is 3.32. The van der Waals surface area contributed by atoms with Gasteiger partial charge in [0, 0.05) is 11.3 Å². The summed E-state index contributed by atoms with van der Waals surface area (Å²) in [4.78, 5) is 4.60. The maximum atomic E-state index is 6.04. The first kappa shape index (κ1) is 11.7. The van der Waals surface area contributed by atoms with E-state index in [1.54, 1.807) is 11.3 Å². The van der Waals surface area contributed by atoms with E-state index < -0.39 is 0 Å². The SMILES string of the molecule is CCC(C)c1nc(C(N)C(C)C)cs1. The minimum absolute atomic E-state index is 0.0871. The van der Waals surface area contributed by atoms with Gasteiger partial charge in [0.15, 0.2) is 0 Å². The third-order valence-corrected chi connectivity index (χ3v) is 3.73. The zero-order chi connectivity index (χ0) is 10.7. The van der Waals surface area contributed by atoms with E-state index in [0.717, 1.165) is 12.1 Å². The van der Waals surface area contributed by atoms with E-state index in [0.29, 0.717) is 11.8 Å². The Labute approximate surface area is 90.6 Å². The molecule has 0 spiro atoms. The fourth-order valence-corrected chi connectivity index (χ4v) is 2.20. The molecule has 1 aromatic heterocycles. The molecule has 0 aromatic carbocycles. The lowest BCUT2D eigenvalue weighted by molar-refractivity contribution is 0.503. The summed E-state index contributed by atoms with van der Waals surface area (Å²) in [5.41, 5.74) is 7.09. The quantitative estimate of drug-likeness (QED) is 0.831. The molecule has 0 amide bonds. The van der Waals surface area contributed by atoms with Crippen molar-refractivity contribution in [3.05, 3.63) is 16.1 Å². The first-order valence-corrected chi connectivity index (χ1v) is 6.15. The van der Waals surface area contributed by atoms with Crippen LogP contribution in [0.4, 0.5) is 0 Å². The van der Waals surface area contributed by atoms with Gasteiger partial charge < -0.3 is 5.73 Å². The van der Waals surface area contributed by atoms with Crippen molar-refractivity contribution in [2.75, 3.05) is 0 Å². The molecule has 0 saturated carbocycles. The van der Waals surface area contributed by atoms with Crippen LogP contribution in [-0.4, -0.2) is 4.98 Å². The minimum Gasteiger partial charge on any atom is -0.322 e. The van der Waals surface area contributed by atoms with E-state index >= 15 is 0 Å². The van der Waals surface area contributed by atoms with Gasteiger partial charge in [0.25, 0.3) is 0 Å². The van der Waals surface area contributed by atoms with E-state index in [2.05, 4.69) is 38.1 Å². The van der Waals surface area contributed by atoms with E-state index in [9.17, 15) is 0 Å². The van der Waals surface area contributed by atoms with Gasteiger partial charge in [-0.25, -0.2) is 4.98 Å². The fraction of sp³-hybridized carbons (Fsp3) is 0.727. The molecule has 3 heteroatoms. The normalized spacial score (nSPS) is 15.9. The summed E-state index contributed by atoms with van der Waals surface area (Å²) in [7, 11) is 0. The molecule has 14 heavy (non-hydrogen) atoms. The molecule has 0 aliphatic heterocycles. The summed E-state index contributed by atoms with van der Waals surface area (Å²) in [6.07, 6.45) is 1.14. The topological polar surface area (TPSA) is 38.9 Å². The van der Waals surface area contributed by atoms with E-state index in [1.165, 1.54) is 5.01 Å². The molecule has 1 heterocycles. The van der Waals surface area contributed by atoms with E-state index in [1.807, 2.05) is 0 Å². The van der Waals surface area contributed by atoms with Crippen molar-refractivity contribution < 1.29 is 0 Å². The summed E-state index contributed by atoms with van der Waals surface area (Å²) >= 11 is 1.74. The van der Waals surface area contributed by atoms with Crippen LogP contribution < -0.4 is 5.73 Å². The Hall–Kier alpha value is -0.410. The fourth-order valence-electron chi connectivity index (χ4n) is 1.20. The van der Waals surface area contributed by atoms with Crippen molar-refractivity contribution in [1.82, 2.24) is 4.98 Å². The predicted molar refractivity (Wildman–Crippen MR) is 62.6 cm³/mol. The molecule has 0 fully saturated rings. The van der Waals surface area contributed by atoms with Crippen LogP contribution in [0.25, 0.3) is 0 Å². The molecule has 0 radical (unpaired) electrons. The number of nitrogens with zero attached hydrogens (tertiary/aromatic N) is 1. The molecule has 2 unspecified atom stereocenters. The summed E-state index contributed by atoms with van der Waals surface area (Å²) in [6.45, 7) is 8.66. The molecule has 2 nitrogen and oxygen atoms in total. The van der Waals surface area contributed by atoms with Crippen molar-refractivity contribution in [3.63, 3.8) is 0 Å². The van der Waals surface area contributed by atoms with Gasteiger partial charge in [0.05, 0.1) is 16.7 Å². The van der Waals surface area contributed by atoms with Crippen molar-refractivity contribution in [2.45, 2.75) is 46.1 Å². The molecule has 0 aliphatic carbocycles. The molecule has 0 bridgehead atoms. The number of hydrogen-bond donors (Lipinski definition) is 1. The smallest absolute Gasteiger partial charge is 0.0957 e. The van der Waals surface area contributed by atoms with Crippen LogP contribution in [0.3, 0.4) is 0 Å². The minimum atomic E-state index is 0.0871. The summed E-state index contributed by atoms with van der Waals surface area (Å²) in [5.74, 6) is 1.02. The Morgan fingerprint density at radius 3 is 2.57 bits per heavy atom. The van der Waals surface area contributed by atoms with Crippen LogP contribution in [0, 0.1) is 5.92 Å². The molecule has 0 saturated heterocycles. The second-order valence-electron chi connectivity index (χ2n) is 4.19. The number of rotatable bonds is 4. The monoisotopic (exact) mass is 212 g/mol. The highest BCUT2D eigenvalue weighted by Gasteiger charge is 2.15. The van der Waals surface area contributed by atoms with Crippen LogP contribution in [0.15, 0.2) is 5.38 Å². The number of aromatic nitrogens is 1. The van der Waals surface area contributed by atoms with Crippen molar-refractivity contribution in [2.24, 2.45) is 11.7 Å². The van der Waals surface area contributed by atoms with Crippen LogP contribution in [0.5, 0.6) is 0 Å². The van der Waals surface area contributed by atoms with Gasteiger partial charge in [-0.05, 0) is 12.3 Å². The Balaban J connectivity index is 2.77. The Kier molecular flexibility index (Phi) is 4.08. The van der Waals surface area contributed by atoms with Crippen LogP contribution in [-0.2, 0) is 0 Å². The summed E-state index contributed by atoms with van der Waals surface area (Å²) in [6, 6.07) is 0.0871. The van der Waals surface area contributed by atoms with Crippen molar-refractivity contribution >= 4 is 11.3 Å². The average molecular weight is 212 g/mol. The van der Waals surface area contributed by atoms with Crippen LogP contribution in [0.1, 0.15) is 56.8 Å². The Morgan fingerprint density at radius 2 is 2.07 bits per heavy atom. The molecule has 0 aliphatic rings. The third-order valence-electron chi connectivity index (χ3n) is 2.63. The highest BCUT2D eigenvalue weighted by Crippen LogP contribution is 2.26. The van der Waals surface area contributed by atoms with Gasteiger partial charge in [-0.3, -0.25) is 0 Å². The number of thiazole rings is 1. The van der Waals surface area contributed by atoms with E-state index in [-0.39, 0.29) is 6.04 Å². The number of hydrogen-bond acceptors (Lipinski definition) is 3. The zero-order valence-electron chi connectivity index (χ0n) is 9.45. The first-order valence-electron chi connectivity index (χ1n) is 5.27. The Morgan fingerprint density at radius 1 is 1.43 bits per heavy atom. The number of nitrogens with two attached hydrogens (primary N) is 1. The summed E-state index contributed by atoms with van der Waals surface area (Å²) < 4.78 is 0. The standard InChI is InChI=1S/C11H20N2S/c1-5-8(4)11-13-9(6-14-11)10(12)7(2)3/h6-8,10H,5,12H2,1-4H3. The van der Waals surface area contributed by atoms with Gasteiger partial charge in [-0.1, -0.05) is 27.7 Å². The lowest BCUT2D eigenvalue weighted by Gasteiger charge is -2.12. The molecule has 1 rings (SSSR count). The zero-order valence-corrected chi connectivity index (χ0v) is 10.3. The third kappa shape index (κ3) is 2.55. The molecule has 80 valence electrons. The highest BCUT2D eigenvalue weighted by atomic mass is 32.1. The van der Waals surface area contributed by atoms with E-state index in [4.69, 9.17) is 5.73 Å². The average Bonchev–Trinajstić information content (AvgIpc) is 2.64. The molecular formula is C11H20N2S. The van der Waals surface area contributed by atoms with Crippen LogP contribution >= 0.6 is 11.3 Å². The lowest BCUT2D eigenvalue weighted by Crippen LogP contribution is -2.17. The maximum absolute atomic E-state index is 6.04. The predicted octanol–water partition coefficient (Wildman–Crippen LogP) is 3.31. The van der Waals surface area contributed by atoms with Gasteiger partial charge in [0.2, 0.25) is 0 Å². The van der Waals surface area contributed by atoms with Crippen LogP contribution in [0.2, 0.25) is 0 Å². The van der Waals surface area contributed by atoms with Crippen molar-refractivity contribution in [1.29, 1.82) is 0 Å². The maximum Gasteiger partial charge on any atom is 0.0957 e. The van der Waals surface area contributed by atoms with Crippen molar-refractivity contribution in [3.8, 4) is 0 Å². The molecular weight excluding hydrogens is 192 g/mol. The van der Waals surface area contributed by atoms with Gasteiger partial charge >= 0.3 is 0 Å². The second-order valence-corrected chi connectivity index (χ2v) is 5.08. The molecule has 1 aromatic rings. The first-order chi connectivity index (χ1) is 6.56. The second kappa shape index (κ2) is 4.89. The lowest BCUT2D eigenvalue weighted by atomic mass is 10.0. The van der Waals surface area contributed by atoms with Gasteiger partial charge in [-0.2, -0.15) is 0 Å². The largest absolute Gasteiger partial charge is 0.322 e. The van der Waals surface area contributed by atoms with Gasteiger partial charge in [-0.15, -0.1) is 11.3 Å². The Bertz CT molecular complexity index is 281. The molecule has 2 N–H and O–H groups in total.